The maximum Gasteiger partial charge on any atom is 0.223 e. The minimum atomic E-state index is -3.54. The summed E-state index contributed by atoms with van der Waals surface area (Å²) in [5, 5.41) is 7.10. The van der Waals surface area contributed by atoms with E-state index in [-0.39, 0.29) is 24.0 Å². The van der Waals surface area contributed by atoms with Crippen molar-refractivity contribution >= 4 is 27.3 Å². The van der Waals surface area contributed by atoms with Gasteiger partial charge in [-0.3, -0.25) is 4.79 Å². The molecule has 2 N–H and O–H groups in total. The molecule has 5 nitrogen and oxygen atoms in total. The van der Waals surface area contributed by atoms with Gasteiger partial charge in [-0.2, -0.15) is 0 Å². The van der Waals surface area contributed by atoms with Crippen molar-refractivity contribution in [2.24, 2.45) is 11.1 Å². The largest absolute Gasteiger partial charge is 0.338 e. The number of likely N-dealkylation sites (tertiary alicyclic amines) is 1. The Labute approximate surface area is 139 Å². The minimum Gasteiger partial charge on any atom is -0.338 e. The molecule has 23 heavy (non-hydrogen) atoms. The molecular weight excluding hydrogens is 332 g/mol. The fraction of sp³-hybridized carbons (Fsp3) is 0.312. The lowest BCUT2D eigenvalue weighted by Gasteiger charge is -2.16. The van der Waals surface area contributed by atoms with Crippen LogP contribution in [0.5, 0.6) is 0 Å². The molecule has 0 bridgehead atoms. The Morgan fingerprint density at radius 1 is 1.22 bits per heavy atom. The van der Waals surface area contributed by atoms with Crippen molar-refractivity contribution in [2.75, 3.05) is 12.3 Å². The Kier molecular flexibility index (Phi) is 4.52. The maximum atomic E-state index is 12.0. The predicted octanol–water partition coefficient (Wildman–Crippen LogP) is 2.05. The van der Waals surface area contributed by atoms with Crippen molar-refractivity contribution in [1.29, 1.82) is 0 Å². The lowest BCUT2D eigenvalue weighted by Crippen LogP contribution is -2.27. The zero-order chi connectivity index (χ0) is 16.4. The van der Waals surface area contributed by atoms with Crippen LogP contribution in [0.2, 0.25) is 0 Å². The van der Waals surface area contributed by atoms with Crippen LogP contribution in [0.3, 0.4) is 0 Å². The van der Waals surface area contributed by atoms with Crippen molar-refractivity contribution in [1.82, 2.24) is 4.90 Å². The highest BCUT2D eigenvalue weighted by molar-refractivity contribution is 7.89. The number of carbonyl (C=O) groups is 1. The van der Waals surface area contributed by atoms with Crippen LogP contribution in [0.1, 0.15) is 12.0 Å². The number of hydrogen-bond donors (Lipinski definition) is 1. The molecule has 1 aromatic heterocycles. The van der Waals surface area contributed by atoms with Crippen LogP contribution >= 0.6 is 11.3 Å². The van der Waals surface area contributed by atoms with E-state index >= 15 is 0 Å². The molecule has 122 valence electrons. The van der Waals surface area contributed by atoms with E-state index in [9.17, 15) is 13.2 Å². The monoisotopic (exact) mass is 350 g/mol. The van der Waals surface area contributed by atoms with Crippen molar-refractivity contribution in [3.63, 3.8) is 0 Å². The van der Waals surface area contributed by atoms with Crippen molar-refractivity contribution < 1.29 is 13.2 Å². The van der Waals surface area contributed by atoms with Gasteiger partial charge < -0.3 is 4.90 Å². The zero-order valence-corrected chi connectivity index (χ0v) is 14.1. The molecule has 0 saturated carbocycles. The first-order valence-corrected chi connectivity index (χ1v) is 9.91. The lowest BCUT2D eigenvalue weighted by molar-refractivity contribution is -0.128. The van der Waals surface area contributed by atoms with Crippen molar-refractivity contribution in [3.05, 3.63) is 47.3 Å². The second-order valence-corrected chi connectivity index (χ2v) is 8.45. The lowest BCUT2D eigenvalue weighted by atomic mass is 10.1. The highest BCUT2D eigenvalue weighted by Gasteiger charge is 2.31. The van der Waals surface area contributed by atoms with Crippen LogP contribution in [-0.4, -0.2) is 31.5 Å². The fourth-order valence-electron chi connectivity index (χ4n) is 2.88. The van der Waals surface area contributed by atoms with Gasteiger partial charge in [0.25, 0.3) is 0 Å². The minimum absolute atomic E-state index is 0.0130. The number of benzene rings is 1. The van der Waals surface area contributed by atoms with E-state index in [0.717, 1.165) is 11.1 Å². The second-order valence-electron chi connectivity index (χ2n) is 5.85. The maximum absolute atomic E-state index is 12.0. The number of nitrogens with two attached hydrogens (primary N) is 1. The Balaban J connectivity index is 1.64. The molecule has 1 atom stereocenters. The van der Waals surface area contributed by atoms with Gasteiger partial charge in [0.1, 0.15) is 0 Å². The van der Waals surface area contributed by atoms with Gasteiger partial charge in [0.15, 0.2) is 0 Å². The normalized spacial score (nSPS) is 18.6. The molecule has 1 aliphatic rings. The van der Waals surface area contributed by atoms with Gasteiger partial charge in [0.2, 0.25) is 15.9 Å². The smallest absolute Gasteiger partial charge is 0.223 e. The van der Waals surface area contributed by atoms with Crippen LogP contribution in [0.15, 0.2) is 41.8 Å². The molecule has 1 fully saturated rings. The van der Waals surface area contributed by atoms with E-state index < -0.39 is 10.0 Å². The second kappa shape index (κ2) is 6.43. The first-order chi connectivity index (χ1) is 10.9. The van der Waals surface area contributed by atoms with E-state index in [0.29, 0.717) is 13.1 Å². The molecule has 7 heteroatoms. The fourth-order valence-corrected chi connectivity index (χ4v) is 4.50. The molecule has 1 unspecified atom stereocenters. The Hall–Kier alpha value is -1.70. The zero-order valence-electron chi connectivity index (χ0n) is 12.5. The summed E-state index contributed by atoms with van der Waals surface area (Å²) < 4.78 is 22.3. The quantitative estimate of drug-likeness (QED) is 0.896. The average molecular weight is 350 g/mol. The highest BCUT2D eigenvalue weighted by Crippen LogP contribution is 2.26. The number of rotatable bonds is 5. The van der Waals surface area contributed by atoms with Crippen LogP contribution in [0.4, 0.5) is 0 Å². The van der Waals surface area contributed by atoms with E-state index in [1.807, 2.05) is 35.7 Å². The summed E-state index contributed by atoms with van der Waals surface area (Å²) in [6.07, 6.45) is 0.254. The molecule has 0 spiro atoms. The molecule has 2 aromatic rings. The first kappa shape index (κ1) is 16.2. The van der Waals surface area contributed by atoms with Crippen LogP contribution in [-0.2, 0) is 21.4 Å². The third kappa shape index (κ3) is 4.19. The van der Waals surface area contributed by atoms with Crippen LogP contribution in [0, 0.1) is 5.92 Å². The summed E-state index contributed by atoms with van der Waals surface area (Å²) in [6.45, 7) is 0.951. The molecule has 1 amide bonds. The van der Waals surface area contributed by atoms with Gasteiger partial charge in [-0.25, -0.2) is 13.6 Å². The van der Waals surface area contributed by atoms with Crippen molar-refractivity contribution in [3.8, 4) is 10.4 Å². The van der Waals surface area contributed by atoms with Gasteiger partial charge in [0, 0.05) is 30.3 Å². The van der Waals surface area contributed by atoms with Crippen LogP contribution in [0.25, 0.3) is 10.4 Å². The van der Waals surface area contributed by atoms with E-state index in [1.54, 1.807) is 16.2 Å². The van der Waals surface area contributed by atoms with Crippen LogP contribution < -0.4 is 5.14 Å². The van der Waals surface area contributed by atoms with Gasteiger partial charge in [-0.1, -0.05) is 30.3 Å². The summed E-state index contributed by atoms with van der Waals surface area (Å²) in [6, 6.07) is 12.2. The van der Waals surface area contributed by atoms with E-state index in [2.05, 4.69) is 6.07 Å². The molecule has 0 aliphatic carbocycles. The molecule has 0 radical (unpaired) electrons. The topological polar surface area (TPSA) is 80.5 Å². The predicted molar refractivity (Wildman–Crippen MR) is 91.3 cm³/mol. The Morgan fingerprint density at radius 2 is 1.96 bits per heavy atom. The van der Waals surface area contributed by atoms with Gasteiger partial charge in [0.05, 0.1) is 5.75 Å². The average Bonchev–Trinajstić information content (AvgIpc) is 3.09. The van der Waals surface area contributed by atoms with Gasteiger partial charge in [-0.15, -0.1) is 11.3 Å². The summed E-state index contributed by atoms with van der Waals surface area (Å²) in [5.74, 6) is -0.351. The number of sulfonamides is 1. The van der Waals surface area contributed by atoms with Gasteiger partial charge >= 0.3 is 0 Å². The molecule has 1 saturated heterocycles. The number of carbonyl (C=O) groups excluding carboxylic acids is 1. The standard InChI is InChI=1S/C16H18N2O3S2/c17-23(20,21)11-13-8-16(19)18(10-13)9-12-3-5-14(6-4-12)15-2-1-7-22-15/h1-7,13H,8-11H2,(H2,17,20,21). The number of nitrogens with zero attached hydrogens (tertiary/aromatic N) is 1. The molecule has 1 aliphatic heterocycles. The number of amides is 1. The number of primary sulfonamides is 1. The van der Waals surface area contributed by atoms with Gasteiger partial charge in [-0.05, 0) is 22.6 Å². The highest BCUT2D eigenvalue weighted by atomic mass is 32.2. The Bertz CT molecular complexity index is 783. The summed E-state index contributed by atoms with van der Waals surface area (Å²) in [4.78, 5) is 14.9. The molecular formula is C16H18N2O3S2. The molecule has 3 rings (SSSR count). The third-order valence-corrected chi connectivity index (χ3v) is 5.75. The number of hydrogen-bond acceptors (Lipinski definition) is 4. The summed E-state index contributed by atoms with van der Waals surface area (Å²) in [5.41, 5.74) is 2.19. The Morgan fingerprint density at radius 3 is 2.57 bits per heavy atom. The SMILES string of the molecule is NS(=O)(=O)CC1CC(=O)N(Cc2ccc(-c3cccs3)cc2)C1. The molecule has 1 aromatic carbocycles. The van der Waals surface area contributed by atoms with E-state index in [1.165, 1.54) is 4.88 Å². The third-order valence-electron chi connectivity index (χ3n) is 3.90. The number of thiophene rings is 1. The summed E-state index contributed by atoms with van der Waals surface area (Å²) in [7, 11) is -3.54. The van der Waals surface area contributed by atoms with E-state index in [4.69, 9.17) is 5.14 Å². The van der Waals surface area contributed by atoms with Crippen molar-refractivity contribution in [2.45, 2.75) is 13.0 Å². The molecule has 2 heterocycles. The first-order valence-electron chi connectivity index (χ1n) is 7.32. The summed E-state index contributed by atoms with van der Waals surface area (Å²) >= 11 is 1.69.